The van der Waals surface area contributed by atoms with Crippen molar-refractivity contribution in [1.29, 1.82) is 0 Å². The van der Waals surface area contributed by atoms with Gasteiger partial charge in [-0.3, -0.25) is 4.90 Å². The summed E-state index contributed by atoms with van der Waals surface area (Å²) in [5.74, 6) is 2.61. The Bertz CT molecular complexity index is 782. The molecule has 2 aliphatic rings. The van der Waals surface area contributed by atoms with E-state index in [4.69, 9.17) is 11.5 Å². The van der Waals surface area contributed by atoms with E-state index in [1.807, 2.05) is 12.1 Å². The average molecular weight is 383 g/mol. The number of benzene rings is 1. The van der Waals surface area contributed by atoms with Crippen LogP contribution in [0.4, 0.5) is 5.69 Å². The molecule has 3 atom stereocenters. The van der Waals surface area contributed by atoms with Crippen LogP contribution in [0, 0.1) is 6.92 Å². The summed E-state index contributed by atoms with van der Waals surface area (Å²) in [4.78, 5) is 2.72. The Morgan fingerprint density at radius 3 is 2.29 bits per heavy atom. The highest BCUT2D eigenvalue weighted by molar-refractivity contribution is 5.40. The van der Waals surface area contributed by atoms with E-state index in [2.05, 4.69) is 52.6 Å². The topological polar surface area (TPSA) is 86.0 Å². The van der Waals surface area contributed by atoms with Gasteiger partial charge in [0.2, 0.25) is 0 Å². The van der Waals surface area contributed by atoms with Crippen molar-refractivity contribution in [2.75, 3.05) is 12.3 Å². The molecule has 0 amide bonds. The van der Waals surface area contributed by atoms with Crippen molar-refractivity contribution in [1.82, 2.24) is 19.7 Å². The molecule has 152 valence electrons. The molecule has 0 spiro atoms. The third-order valence-electron chi connectivity index (χ3n) is 6.70. The zero-order valence-electron chi connectivity index (χ0n) is 17.4. The number of anilines is 1. The van der Waals surface area contributed by atoms with Crippen LogP contribution in [0.25, 0.3) is 0 Å². The van der Waals surface area contributed by atoms with Crippen molar-refractivity contribution in [3.05, 3.63) is 41.5 Å². The van der Waals surface area contributed by atoms with Crippen LogP contribution < -0.4 is 11.5 Å². The van der Waals surface area contributed by atoms with Crippen molar-refractivity contribution in [3.63, 3.8) is 0 Å². The molecule has 2 fully saturated rings. The summed E-state index contributed by atoms with van der Waals surface area (Å²) in [6.45, 7) is 7.59. The number of piperidine rings is 1. The van der Waals surface area contributed by atoms with Gasteiger partial charge in [0.05, 0.1) is 0 Å². The minimum atomic E-state index is 0.0744. The molecule has 1 aromatic heterocycles. The van der Waals surface area contributed by atoms with E-state index < -0.39 is 0 Å². The van der Waals surface area contributed by atoms with E-state index in [-0.39, 0.29) is 6.04 Å². The lowest BCUT2D eigenvalue weighted by atomic mass is 9.95. The summed E-state index contributed by atoms with van der Waals surface area (Å²) in [5.41, 5.74) is 14.2. The van der Waals surface area contributed by atoms with Crippen LogP contribution in [0.3, 0.4) is 0 Å². The van der Waals surface area contributed by atoms with Gasteiger partial charge in [-0.1, -0.05) is 26.0 Å². The molecule has 6 heteroatoms. The lowest BCUT2D eigenvalue weighted by Gasteiger charge is -2.40. The zero-order valence-corrected chi connectivity index (χ0v) is 17.4. The van der Waals surface area contributed by atoms with Crippen molar-refractivity contribution >= 4 is 5.69 Å². The summed E-state index contributed by atoms with van der Waals surface area (Å²) < 4.78 is 2.42. The highest BCUT2D eigenvalue weighted by Gasteiger charge is 2.42. The fourth-order valence-corrected chi connectivity index (χ4v) is 5.25. The maximum atomic E-state index is 6.46. The minimum absolute atomic E-state index is 0.0744. The number of nitrogen functional groups attached to an aromatic ring is 1. The lowest BCUT2D eigenvalue weighted by Crippen LogP contribution is -2.44. The third-order valence-corrected chi connectivity index (χ3v) is 6.70. The number of aromatic nitrogens is 3. The highest BCUT2D eigenvalue weighted by Crippen LogP contribution is 2.42. The summed E-state index contributed by atoms with van der Waals surface area (Å²) in [6, 6.07) is 9.92. The maximum absolute atomic E-state index is 6.46. The predicted octanol–water partition coefficient (Wildman–Crippen LogP) is 3.55. The Kier molecular flexibility index (Phi) is 5.43. The van der Waals surface area contributed by atoms with Crippen LogP contribution in [-0.4, -0.2) is 38.3 Å². The molecule has 2 bridgehead atoms. The maximum Gasteiger partial charge on any atom is 0.135 e. The molecule has 1 aromatic carbocycles. The van der Waals surface area contributed by atoms with Gasteiger partial charge in [-0.15, -0.1) is 10.2 Å². The zero-order chi connectivity index (χ0) is 19.8. The van der Waals surface area contributed by atoms with Gasteiger partial charge in [-0.2, -0.15) is 0 Å². The van der Waals surface area contributed by atoms with E-state index in [1.54, 1.807) is 0 Å². The largest absolute Gasteiger partial charge is 0.399 e. The summed E-state index contributed by atoms with van der Waals surface area (Å²) >= 11 is 0. The number of aryl methyl sites for hydroxylation is 1. The van der Waals surface area contributed by atoms with Gasteiger partial charge < -0.3 is 16.0 Å². The van der Waals surface area contributed by atoms with Crippen LogP contribution in [-0.2, 0) is 0 Å². The van der Waals surface area contributed by atoms with Crippen LogP contribution in [0.1, 0.15) is 81.2 Å². The highest BCUT2D eigenvalue weighted by atomic mass is 15.3. The summed E-state index contributed by atoms with van der Waals surface area (Å²) in [5, 5.41) is 8.83. The fraction of sp³-hybridized carbons (Fsp3) is 0.636. The Morgan fingerprint density at radius 1 is 1.04 bits per heavy atom. The number of fused-ring (bicyclic) bond motifs is 2. The van der Waals surface area contributed by atoms with Crippen LogP contribution >= 0.6 is 0 Å². The molecule has 28 heavy (non-hydrogen) atoms. The number of hydrogen-bond acceptors (Lipinski definition) is 5. The molecule has 6 nitrogen and oxygen atoms in total. The Balaban J connectivity index is 1.41. The number of nitrogens with two attached hydrogens (primary N) is 2. The van der Waals surface area contributed by atoms with Gasteiger partial charge in [0.1, 0.15) is 11.6 Å². The molecular formula is C22H34N6. The van der Waals surface area contributed by atoms with Crippen molar-refractivity contribution in [3.8, 4) is 0 Å². The first-order chi connectivity index (χ1) is 13.4. The standard InChI is InChI=1S/C22H34N6/c1-14(2)22-26-25-15(3)28(22)20-12-18-8-9-19(13-20)27(18)11-10-21(24)16-4-6-17(23)7-5-16/h4-7,14,18-21H,8-13,23-24H2,1-3H3/t18?,19?,20?,21-/m0/s1. The van der Waals surface area contributed by atoms with Gasteiger partial charge >= 0.3 is 0 Å². The first-order valence-corrected chi connectivity index (χ1v) is 10.7. The monoisotopic (exact) mass is 382 g/mol. The Morgan fingerprint density at radius 2 is 1.68 bits per heavy atom. The van der Waals surface area contributed by atoms with E-state index in [0.717, 1.165) is 30.3 Å². The minimum Gasteiger partial charge on any atom is -0.399 e. The molecule has 0 radical (unpaired) electrons. The SMILES string of the molecule is Cc1nnc(C(C)C)n1C1CC2CCC(C1)N2CC[C@H](N)c1ccc(N)cc1. The molecular weight excluding hydrogens is 348 g/mol. The number of nitrogens with zero attached hydrogens (tertiary/aromatic N) is 4. The summed E-state index contributed by atoms with van der Waals surface area (Å²) in [7, 11) is 0. The molecule has 0 aliphatic carbocycles. The van der Waals surface area contributed by atoms with E-state index in [1.165, 1.54) is 31.2 Å². The molecule has 4 N–H and O–H groups in total. The van der Waals surface area contributed by atoms with Gasteiger partial charge in [-0.05, 0) is 56.7 Å². The van der Waals surface area contributed by atoms with Gasteiger partial charge in [0, 0.05) is 42.3 Å². The van der Waals surface area contributed by atoms with Crippen LogP contribution in [0.2, 0.25) is 0 Å². The molecule has 2 aliphatic heterocycles. The quantitative estimate of drug-likeness (QED) is 0.746. The van der Waals surface area contributed by atoms with Gasteiger partial charge in [-0.25, -0.2) is 0 Å². The molecule has 2 aromatic rings. The smallest absolute Gasteiger partial charge is 0.135 e. The van der Waals surface area contributed by atoms with Crippen molar-refractivity contribution in [2.45, 2.75) is 83.0 Å². The first kappa shape index (κ1) is 19.4. The molecule has 4 rings (SSSR count). The van der Waals surface area contributed by atoms with E-state index >= 15 is 0 Å². The molecule has 2 unspecified atom stereocenters. The second kappa shape index (κ2) is 7.84. The second-order valence-corrected chi connectivity index (χ2v) is 8.94. The van der Waals surface area contributed by atoms with Crippen LogP contribution in [0.5, 0.6) is 0 Å². The normalized spacial score (nSPS) is 26.1. The van der Waals surface area contributed by atoms with Gasteiger partial charge in [0.25, 0.3) is 0 Å². The van der Waals surface area contributed by atoms with E-state index in [0.29, 0.717) is 24.0 Å². The van der Waals surface area contributed by atoms with Crippen molar-refractivity contribution < 1.29 is 0 Å². The lowest BCUT2D eigenvalue weighted by molar-refractivity contribution is 0.101. The number of hydrogen-bond donors (Lipinski definition) is 2. The fourth-order valence-electron chi connectivity index (χ4n) is 5.25. The first-order valence-electron chi connectivity index (χ1n) is 10.7. The average Bonchev–Trinajstić information content (AvgIpc) is 3.16. The van der Waals surface area contributed by atoms with Gasteiger partial charge in [0.15, 0.2) is 0 Å². The Labute approximate surface area is 168 Å². The second-order valence-electron chi connectivity index (χ2n) is 8.94. The van der Waals surface area contributed by atoms with E-state index in [9.17, 15) is 0 Å². The number of rotatable bonds is 6. The third kappa shape index (κ3) is 3.67. The van der Waals surface area contributed by atoms with Crippen molar-refractivity contribution in [2.24, 2.45) is 5.73 Å². The summed E-state index contributed by atoms with van der Waals surface area (Å²) in [6.07, 6.45) is 6.00. The molecule has 0 saturated carbocycles. The van der Waals surface area contributed by atoms with Crippen LogP contribution in [0.15, 0.2) is 24.3 Å². The predicted molar refractivity (Wildman–Crippen MR) is 113 cm³/mol. The molecule has 2 saturated heterocycles. The Hall–Kier alpha value is -1.92. The molecule has 3 heterocycles.